The first-order valence-electron chi connectivity index (χ1n) is 9.68. The van der Waals surface area contributed by atoms with Crippen molar-refractivity contribution in [3.63, 3.8) is 0 Å². The maximum atomic E-state index is 12.4. The van der Waals surface area contributed by atoms with E-state index >= 15 is 0 Å². The van der Waals surface area contributed by atoms with Gasteiger partial charge in [0.15, 0.2) is 16.7 Å². The third-order valence-corrected chi connectivity index (χ3v) is 5.71. The maximum absolute atomic E-state index is 12.4. The van der Waals surface area contributed by atoms with Gasteiger partial charge in [-0.2, -0.15) is 0 Å². The van der Waals surface area contributed by atoms with Crippen LogP contribution < -0.4 is 5.32 Å². The van der Waals surface area contributed by atoms with Crippen molar-refractivity contribution in [2.75, 3.05) is 25.4 Å². The monoisotopic (exact) mass is 391 g/mol. The summed E-state index contributed by atoms with van der Waals surface area (Å²) in [7, 11) is 0. The molecular weight excluding hydrogens is 362 g/mol. The summed E-state index contributed by atoms with van der Waals surface area (Å²) in [5.74, 6) is 2.26. The number of carbonyl (C=O) groups excluding carboxylic acids is 1. The number of hydrogen-bond acceptors (Lipinski definition) is 6. The molecule has 0 atom stereocenters. The predicted octanol–water partition coefficient (Wildman–Crippen LogP) is 2.89. The molecule has 0 saturated carbocycles. The third kappa shape index (κ3) is 5.35. The van der Waals surface area contributed by atoms with E-state index in [1.54, 1.807) is 6.26 Å². The van der Waals surface area contributed by atoms with Gasteiger partial charge in [-0.05, 0) is 37.4 Å². The van der Waals surface area contributed by atoms with Gasteiger partial charge in [0.2, 0.25) is 5.91 Å². The van der Waals surface area contributed by atoms with Crippen LogP contribution in [0, 0.1) is 5.92 Å². The van der Waals surface area contributed by atoms with Gasteiger partial charge in [0, 0.05) is 25.7 Å². The Morgan fingerprint density at radius 3 is 2.78 bits per heavy atom. The fraction of sp³-hybridized carbons (Fsp3) is 0.632. The first-order valence-corrected chi connectivity index (χ1v) is 10.7. The SMILES string of the molecule is CCN1CCC(NC(=O)CSc2nnc(-c3ccco3)n2CC(C)C)CC1. The second kappa shape index (κ2) is 9.41. The average molecular weight is 392 g/mol. The maximum Gasteiger partial charge on any atom is 0.230 e. The minimum absolute atomic E-state index is 0.0635. The molecule has 1 aliphatic rings. The van der Waals surface area contributed by atoms with Crippen LogP contribution in [0.15, 0.2) is 28.0 Å². The van der Waals surface area contributed by atoms with Gasteiger partial charge in [0.05, 0.1) is 12.0 Å². The highest BCUT2D eigenvalue weighted by Crippen LogP contribution is 2.25. The first-order chi connectivity index (χ1) is 13.1. The molecule has 148 valence electrons. The molecule has 1 fully saturated rings. The van der Waals surface area contributed by atoms with E-state index < -0.39 is 0 Å². The lowest BCUT2D eigenvalue weighted by Gasteiger charge is -2.31. The molecule has 0 bridgehead atoms. The van der Waals surface area contributed by atoms with E-state index in [4.69, 9.17) is 4.42 Å². The molecule has 0 aliphatic carbocycles. The molecule has 3 heterocycles. The zero-order valence-corrected chi connectivity index (χ0v) is 17.2. The minimum atomic E-state index is 0.0635. The number of nitrogens with one attached hydrogen (secondary N) is 1. The van der Waals surface area contributed by atoms with E-state index in [2.05, 4.69) is 41.2 Å². The van der Waals surface area contributed by atoms with Crippen molar-refractivity contribution >= 4 is 17.7 Å². The molecule has 0 unspecified atom stereocenters. The second-order valence-electron chi connectivity index (χ2n) is 7.35. The Morgan fingerprint density at radius 2 is 2.15 bits per heavy atom. The minimum Gasteiger partial charge on any atom is -0.461 e. The molecule has 3 rings (SSSR count). The zero-order chi connectivity index (χ0) is 19.2. The fourth-order valence-corrected chi connectivity index (χ4v) is 4.07. The van der Waals surface area contributed by atoms with Gasteiger partial charge in [-0.1, -0.05) is 32.5 Å². The number of amides is 1. The lowest BCUT2D eigenvalue weighted by Crippen LogP contribution is -2.45. The molecule has 1 amide bonds. The van der Waals surface area contributed by atoms with Crippen LogP contribution in [0.4, 0.5) is 0 Å². The number of aromatic nitrogens is 3. The number of hydrogen-bond donors (Lipinski definition) is 1. The number of rotatable bonds is 8. The number of likely N-dealkylation sites (tertiary alicyclic amines) is 1. The van der Waals surface area contributed by atoms with Gasteiger partial charge >= 0.3 is 0 Å². The van der Waals surface area contributed by atoms with Gasteiger partial charge in [-0.15, -0.1) is 10.2 Å². The van der Waals surface area contributed by atoms with Gasteiger partial charge in [-0.25, -0.2) is 0 Å². The van der Waals surface area contributed by atoms with Crippen molar-refractivity contribution in [3.8, 4) is 11.6 Å². The normalized spacial score (nSPS) is 16.1. The van der Waals surface area contributed by atoms with E-state index in [0.717, 1.165) is 44.2 Å². The second-order valence-corrected chi connectivity index (χ2v) is 8.30. The van der Waals surface area contributed by atoms with Gasteiger partial charge in [0.25, 0.3) is 0 Å². The Balaban J connectivity index is 1.58. The lowest BCUT2D eigenvalue weighted by molar-refractivity contribution is -0.119. The van der Waals surface area contributed by atoms with Crippen molar-refractivity contribution in [2.45, 2.75) is 51.4 Å². The number of thioether (sulfide) groups is 1. The molecule has 0 aromatic carbocycles. The molecule has 7 nitrogen and oxygen atoms in total. The smallest absolute Gasteiger partial charge is 0.230 e. The lowest BCUT2D eigenvalue weighted by atomic mass is 10.1. The van der Waals surface area contributed by atoms with E-state index in [1.807, 2.05) is 16.7 Å². The molecule has 2 aromatic rings. The van der Waals surface area contributed by atoms with E-state index in [1.165, 1.54) is 11.8 Å². The summed E-state index contributed by atoms with van der Waals surface area (Å²) in [6.45, 7) is 10.5. The van der Waals surface area contributed by atoms with Gasteiger partial charge in [0.1, 0.15) is 0 Å². The molecule has 1 saturated heterocycles. The average Bonchev–Trinajstić information content (AvgIpc) is 3.30. The van der Waals surface area contributed by atoms with Crippen LogP contribution in [0.5, 0.6) is 0 Å². The van der Waals surface area contributed by atoms with Crippen LogP contribution in [0.3, 0.4) is 0 Å². The summed E-state index contributed by atoms with van der Waals surface area (Å²) in [5.41, 5.74) is 0. The fourth-order valence-electron chi connectivity index (χ4n) is 3.31. The zero-order valence-electron chi connectivity index (χ0n) is 16.4. The van der Waals surface area contributed by atoms with Crippen molar-refractivity contribution in [2.24, 2.45) is 5.92 Å². The van der Waals surface area contributed by atoms with Crippen molar-refractivity contribution < 1.29 is 9.21 Å². The van der Waals surface area contributed by atoms with Crippen LogP contribution in [0.1, 0.15) is 33.6 Å². The van der Waals surface area contributed by atoms with E-state index in [9.17, 15) is 4.79 Å². The number of carbonyl (C=O) groups is 1. The molecular formula is C19H29N5O2S. The standard InChI is InChI=1S/C19H29N5O2S/c1-4-23-9-7-15(8-10-23)20-17(25)13-27-19-22-21-18(16-6-5-11-26-16)24(19)12-14(2)3/h5-6,11,14-15H,4,7-10,12-13H2,1-3H3,(H,20,25). The number of furan rings is 1. The highest BCUT2D eigenvalue weighted by molar-refractivity contribution is 7.99. The van der Waals surface area contributed by atoms with Gasteiger partial charge in [-0.3, -0.25) is 9.36 Å². The van der Waals surface area contributed by atoms with Crippen LogP contribution in [0.2, 0.25) is 0 Å². The van der Waals surface area contributed by atoms with Crippen LogP contribution in [-0.4, -0.2) is 57.0 Å². The third-order valence-electron chi connectivity index (χ3n) is 4.74. The molecule has 2 aromatic heterocycles. The first kappa shape index (κ1) is 19.9. The molecule has 0 spiro atoms. The summed E-state index contributed by atoms with van der Waals surface area (Å²) >= 11 is 1.43. The highest BCUT2D eigenvalue weighted by atomic mass is 32.2. The van der Waals surface area contributed by atoms with E-state index in [0.29, 0.717) is 23.3 Å². The molecule has 1 N–H and O–H groups in total. The predicted molar refractivity (Wildman–Crippen MR) is 107 cm³/mol. The Kier molecular flexibility index (Phi) is 6.95. The summed E-state index contributed by atoms with van der Waals surface area (Å²) in [6.07, 6.45) is 3.68. The van der Waals surface area contributed by atoms with Crippen molar-refractivity contribution in [1.29, 1.82) is 0 Å². The molecule has 8 heteroatoms. The number of nitrogens with zero attached hydrogens (tertiary/aromatic N) is 4. The quantitative estimate of drug-likeness (QED) is 0.698. The summed E-state index contributed by atoms with van der Waals surface area (Å²) in [5, 5.41) is 12.5. The topological polar surface area (TPSA) is 76.2 Å². The van der Waals surface area contributed by atoms with E-state index in [-0.39, 0.29) is 11.9 Å². The summed E-state index contributed by atoms with van der Waals surface area (Å²) < 4.78 is 7.53. The Morgan fingerprint density at radius 1 is 1.37 bits per heavy atom. The van der Waals surface area contributed by atoms with Crippen molar-refractivity contribution in [1.82, 2.24) is 25.0 Å². The van der Waals surface area contributed by atoms with Crippen LogP contribution in [-0.2, 0) is 11.3 Å². The summed E-state index contributed by atoms with van der Waals surface area (Å²) in [6, 6.07) is 4.01. The highest BCUT2D eigenvalue weighted by Gasteiger charge is 2.21. The Bertz CT molecular complexity index is 721. The Hall–Kier alpha value is -1.80. The molecule has 0 radical (unpaired) electrons. The number of piperidine rings is 1. The van der Waals surface area contributed by atoms with Crippen LogP contribution >= 0.6 is 11.8 Å². The van der Waals surface area contributed by atoms with Crippen molar-refractivity contribution in [3.05, 3.63) is 18.4 Å². The van der Waals surface area contributed by atoms with Crippen LogP contribution in [0.25, 0.3) is 11.6 Å². The molecule has 1 aliphatic heterocycles. The van der Waals surface area contributed by atoms with Gasteiger partial charge < -0.3 is 14.6 Å². The Labute approximate surface area is 164 Å². The molecule has 27 heavy (non-hydrogen) atoms. The summed E-state index contributed by atoms with van der Waals surface area (Å²) in [4.78, 5) is 14.8. The largest absolute Gasteiger partial charge is 0.461 e.